The zero-order valence-corrected chi connectivity index (χ0v) is 13.4. The Morgan fingerprint density at radius 2 is 2.13 bits per heavy atom. The van der Waals surface area contributed by atoms with E-state index in [0.717, 1.165) is 35.4 Å². The van der Waals surface area contributed by atoms with E-state index in [4.69, 9.17) is 20.9 Å². The standard InChI is InChI=1S/C17H17ClN2O3/c18-12-5-3-11(4-6-12)16-13-10-20(8-7-14(13)23-19-16)17(21)15-2-1-9-22-15/h3-6,15H,1-2,7-10H2/t15-/m1/s1. The summed E-state index contributed by atoms with van der Waals surface area (Å²) in [5.74, 6) is 0.947. The van der Waals surface area contributed by atoms with Gasteiger partial charge >= 0.3 is 0 Å². The minimum absolute atomic E-state index is 0.0800. The number of carbonyl (C=O) groups excluding carboxylic acids is 1. The van der Waals surface area contributed by atoms with Crippen LogP contribution in [0.3, 0.4) is 0 Å². The minimum Gasteiger partial charge on any atom is -0.368 e. The molecule has 0 saturated carbocycles. The van der Waals surface area contributed by atoms with Crippen LogP contribution in [0, 0.1) is 0 Å². The molecule has 2 aromatic rings. The van der Waals surface area contributed by atoms with Gasteiger partial charge in [0, 0.05) is 35.7 Å². The van der Waals surface area contributed by atoms with Crippen molar-refractivity contribution in [1.82, 2.24) is 10.1 Å². The summed E-state index contributed by atoms with van der Waals surface area (Å²) in [6.07, 6.45) is 2.18. The third-order valence-corrected chi connectivity index (χ3v) is 4.71. The molecule has 0 N–H and O–H groups in total. The van der Waals surface area contributed by atoms with Crippen molar-refractivity contribution in [3.8, 4) is 11.3 Å². The van der Waals surface area contributed by atoms with Gasteiger partial charge in [0.2, 0.25) is 0 Å². The van der Waals surface area contributed by atoms with Gasteiger partial charge < -0.3 is 14.2 Å². The summed E-state index contributed by atoms with van der Waals surface area (Å²) >= 11 is 5.94. The third kappa shape index (κ3) is 2.75. The van der Waals surface area contributed by atoms with Gasteiger partial charge in [0.1, 0.15) is 17.6 Å². The van der Waals surface area contributed by atoms with Crippen molar-refractivity contribution in [3.63, 3.8) is 0 Å². The Labute approximate surface area is 139 Å². The smallest absolute Gasteiger partial charge is 0.252 e. The lowest BCUT2D eigenvalue weighted by Crippen LogP contribution is -2.41. The Bertz CT molecular complexity index is 720. The van der Waals surface area contributed by atoms with Gasteiger partial charge in [0.25, 0.3) is 5.91 Å². The molecule has 0 bridgehead atoms. The molecule has 2 aliphatic rings. The summed E-state index contributed by atoms with van der Waals surface area (Å²) in [6, 6.07) is 7.49. The van der Waals surface area contributed by atoms with Crippen molar-refractivity contribution in [2.24, 2.45) is 0 Å². The Balaban J connectivity index is 1.59. The van der Waals surface area contributed by atoms with Crippen LogP contribution in [0.2, 0.25) is 5.02 Å². The second kappa shape index (κ2) is 5.98. The number of hydrogen-bond acceptors (Lipinski definition) is 4. The van der Waals surface area contributed by atoms with Gasteiger partial charge in [-0.05, 0) is 25.0 Å². The molecule has 1 atom stereocenters. The fourth-order valence-corrected chi connectivity index (χ4v) is 3.33. The van der Waals surface area contributed by atoms with Crippen molar-refractivity contribution in [3.05, 3.63) is 40.6 Å². The molecule has 6 heteroatoms. The number of carbonyl (C=O) groups is 1. The molecule has 0 unspecified atom stereocenters. The lowest BCUT2D eigenvalue weighted by molar-refractivity contribution is -0.141. The number of rotatable bonds is 2. The van der Waals surface area contributed by atoms with E-state index in [-0.39, 0.29) is 12.0 Å². The number of fused-ring (bicyclic) bond motifs is 1. The van der Waals surface area contributed by atoms with Crippen molar-refractivity contribution < 1.29 is 14.1 Å². The predicted octanol–water partition coefficient (Wildman–Crippen LogP) is 3.06. The Hall–Kier alpha value is -1.85. The van der Waals surface area contributed by atoms with Gasteiger partial charge in [-0.25, -0.2) is 0 Å². The van der Waals surface area contributed by atoms with Crippen LogP contribution in [0.1, 0.15) is 24.2 Å². The maximum absolute atomic E-state index is 12.6. The maximum Gasteiger partial charge on any atom is 0.252 e. The summed E-state index contributed by atoms with van der Waals surface area (Å²) in [4.78, 5) is 14.4. The summed E-state index contributed by atoms with van der Waals surface area (Å²) in [6.45, 7) is 1.86. The number of halogens is 1. The van der Waals surface area contributed by atoms with Crippen LogP contribution in [0.25, 0.3) is 11.3 Å². The summed E-state index contributed by atoms with van der Waals surface area (Å²) in [5.41, 5.74) is 2.73. The SMILES string of the molecule is O=C([C@H]1CCCO1)N1CCc2onc(-c3ccc(Cl)cc3)c2C1. The van der Waals surface area contributed by atoms with E-state index in [1.165, 1.54) is 0 Å². The normalized spacial score (nSPS) is 20.6. The minimum atomic E-state index is -0.282. The molecule has 1 saturated heterocycles. The molecule has 3 heterocycles. The van der Waals surface area contributed by atoms with Gasteiger partial charge in [0.15, 0.2) is 0 Å². The molecule has 0 spiro atoms. The maximum atomic E-state index is 12.6. The first-order valence-corrected chi connectivity index (χ1v) is 8.24. The third-order valence-electron chi connectivity index (χ3n) is 4.46. The van der Waals surface area contributed by atoms with Gasteiger partial charge in [-0.15, -0.1) is 0 Å². The van der Waals surface area contributed by atoms with E-state index < -0.39 is 0 Å². The molecule has 5 nitrogen and oxygen atoms in total. The highest BCUT2D eigenvalue weighted by molar-refractivity contribution is 6.30. The number of benzene rings is 1. The van der Waals surface area contributed by atoms with Crippen LogP contribution in [0.5, 0.6) is 0 Å². The molecule has 1 amide bonds. The first kappa shape index (κ1) is 14.7. The fourth-order valence-electron chi connectivity index (χ4n) is 3.21. The highest BCUT2D eigenvalue weighted by Gasteiger charge is 2.33. The lowest BCUT2D eigenvalue weighted by atomic mass is 10.0. The number of ether oxygens (including phenoxy) is 1. The zero-order chi connectivity index (χ0) is 15.8. The van der Waals surface area contributed by atoms with Crippen LogP contribution in [-0.2, 0) is 22.5 Å². The highest BCUT2D eigenvalue weighted by Crippen LogP contribution is 2.31. The lowest BCUT2D eigenvalue weighted by Gasteiger charge is -2.28. The second-order valence-corrected chi connectivity index (χ2v) is 6.39. The highest BCUT2D eigenvalue weighted by atomic mass is 35.5. The predicted molar refractivity (Wildman–Crippen MR) is 85.0 cm³/mol. The van der Waals surface area contributed by atoms with Gasteiger partial charge in [-0.3, -0.25) is 4.79 Å². The van der Waals surface area contributed by atoms with E-state index in [9.17, 15) is 4.79 Å². The van der Waals surface area contributed by atoms with Crippen molar-refractivity contribution in [2.45, 2.75) is 31.9 Å². The Morgan fingerprint density at radius 3 is 2.87 bits per heavy atom. The number of hydrogen-bond donors (Lipinski definition) is 0. The molecule has 0 radical (unpaired) electrons. The average Bonchev–Trinajstić information content (AvgIpc) is 3.24. The molecule has 2 aliphatic heterocycles. The molecule has 1 aromatic carbocycles. The molecule has 0 aliphatic carbocycles. The van der Waals surface area contributed by atoms with Gasteiger partial charge in [-0.2, -0.15) is 0 Å². The molecular weight excluding hydrogens is 316 g/mol. The number of aromatic nitrogens is 1. The van der Waals surface area contributed by atoms with E-state index >= 15 is 0 Å². The first-order valence-electron chi connectivity index (χ1n) is 7.86. The Kier molecular flexibility index (Phi) is 3.83. The van der Waals surface area contributed by atoms with Crippen LogP contribution >= 0.6 is 11.6 Å². The van der Waals surface area contributed by atoms with Crippen molar-refractivity contribution >= 4 is 17.5 Å². The first-order chi connectivity index (χ1) is 11.2. The quantitative estimate of drug-likeness (QED) is 0.848. The number of nitrogens with zero attached hydrogens (tertiary/aromatic N) is 2. The monoisotopic (exact) mass is 332 g/mol. The summed E-state index contributed by atoms with van der Waals surface area (Å²) < 4.78 is 11.0. The zero-order valence-electron chi connectivity index (χ0n) is 12.6. The second-order valence-electron chi connectivity index (χ2n) is 5.95. The molecule has 23 heavy (non-hydrogen) atoms. The average molecular weight is 333 g/mol. The molecule has 1 fully saturated rings. The largest absolute Gasteiger partial charge is 0.368 e. The van der Waals surface area contributed by atoms with Crippen LogP contribution < -0.4 is 0 Å². The summed E-state index contributed by atoms with van der Waals surface area (Å²) in [5, 5.41) is 4.88. The van der Waals surface area contributed by atoms with E-state index in [1.54, 1.807) is 0 Å². The Morgan fingerprint density at radius 1 is 1.30 bits per heavy atom. The fraction of sp³-hybridized carbons (Fsp3) is 0.412. The molecule has 4 rings (SSSR count). The van der Waals surface area contributed by atoms with E-state index in [0.29, 0.717) is 31.1 Å². The van der Waals surface area contributed by atoms with Gasteiger partial charge in [0.05, 0.1) is 6.54 Å². The topological polar surface area (TPSA) is 55.6 Å². The number of amides is 1. The molecule has 1 aromatic heterocycles. The van der Waals surface area contributed by atoms with Crippen LogP contribution in [0.4, 0.5) is 0 Å². The van der Waals surface area contributed by atoms with Crippen LogP contribution in [0.15, 0.2) is 28.8 Å². The molecule has 120 valence electrons. The van der Waals surface area contributed by atoms with Gasteiger partial charge in [-0.1, -0.05) is 28.9 Å². The van der Waals surface area contributed by atoms with Crippen molar-refractivity contribution in [2.75, 3.05) is 13.2 Å². The van der Waals surface area contributed by atoms with Crippen LogP contribution in [-0.4, -0.2) is 35.2 Å². The van der Waals surface area contributed by atoms with E-state index in [1.807, 2.05) is 29.2 Å². The molecular formula is C17H17ClN2O3. The van der Waals surface area contributed by atoms with Crippen molar-refractivity contribution in [1.29, 1.82) is 0 Å². The summed E-state index contributed by atoms with van der Waals surface area (Å²) in [7, 11) is 0. The van der Waals surface area contributed by atoms with E-state index in [2.05, 4.69) is 5.16 Å².